The molecule has 1 aliphatic heterocycles. The molecular weight excluding hydrogens is 378 g/mol. The zero-order valence-electron chi connectivity index (χ0n) is 16.6. The molecule has 148 valence electrons. The van der Waals surface area contributed by atoms with E-state index >= 15 is 0 Å². The fraction of sp³-hybridized carbons (Fsp3) is 0.0800. The van der Waals surface area contributed by atoms with Gasteiger partial charge in [0.25, 0.3) is 0 Å². The molecule has 3 aromatic carbocycles. The minimum absolute atomic E-state index is 0.220. The lowest BCUT2D eigenvalue weighted by molar-refractivity contribution is -0.129. The highest BCUT2D eigenvalue weighted by Gasteiger charge is 2.24. The number of carbonyl (C=O) groups is 2. The number of rotatable bonds is 4. The fourth-order valence-corrected chi connectivity index (χ4v) is 3.09. The quantitative estimate of drug-likeness (QED) is 0.358. The van der Waals surface area contributed by atoms with Crippen molar-refractivity contribution < 1.29 is 19.1 Å². The average molecular weight is 397 g/mol. The summed E-state index contributed by atoms with van der Waals surface area (Å²) < 4.78 is 10.8. The van der Waals surface area contributed by atoms with Gasteiger partial charge in [-0.1, -0.05) is 48.5 Å². The Morgan fingerprint density at radius 2 is 1.57 bits per heavy atom. The maximum absolute atomic E-state index is 12.3. The van der Waals surface area contributed by atoms with E-state index in [0.717, 1.165) is 22.3 Å². The standard InChI is InChI=1S/C25H19NO4/c1-16-7-3-5-9-20(16)23-26-22(25(28)30-23)15-18-11-13-19(14-12-18)29-24(27)21-10-6-4-8-17(21)2/h3-15H,1-2H3/b22-15+. The lowest BCUT2D eigenvalue weighted by atomic mass is 10.1. The molecular formula is C25H19NO4. The third-order valence-corrected chi connectivity index (χ3v) is 4.75. The van der Waals surface area contributed by atoms with Crippen LogP contribution in [0, 0.1) is 13.8 Å². The van der Waals surface area contributed by atoms with Gasteiger partial charge in [0.1, 0.15) is 5.75 Å². The number of carbonyl (C=O) groups excluding carboxylic acids is 2. The average Bonchev–Trinajstić information content (AvgIpc) is 3.10. The first-order chi connectivity index (χ1) is 14.5. The molecule has 1 aliphatic rings. The molecule has 5 nitrogen and oxygen atoms in total. The lowest BCUT2D eigenvalue weighted by Crippen LogP contribution is -2.09. The molecule has 0 aromatic heterocycles. The highest BCUT2D eigenvalue weighted by Crippen LogP contribution is 2.22. The Morgan fingerprint density at radius 3 is 2.27 bits per heavy atom. The Bertz CT molecular complexity index is 1190. The monoisotopic (exact) mass is 397 g/mol. The Balaban J connectivity index is 1.51. The first kappa shape index (κ1) is 19.3. The molecule has 0 amide bonds. The van der Waals surface area contributed by atoms with Crippen molar-refractivity contribution in [3.8, 4) is 5.75 Å². The van der Waals surface area contributed by atoms with Gasteiger partial charge in [-0.15, -0.1) is 0 Å². The summed E-state index contributed by atoms with van der Waals surface area (Å²) in [5.74, 6) is -0.189. The number of esters is 2. The molecule has 0 fully saturated rings. The van der Waals surface area contributed by atoms with Crippen LogP contribution >= 0.6 is 0 Å². The van der Waals surface area contributed by atoms with Crippen molar-refractivity contribution in [2.24, 2.45) is 4.99 Å². The summed E-state index contributed by atoms with van der Waals surface area (Å²) in [7, 11) is 0. The third kappa shape index (κ3) is 4.05. The number of benzene rings is 3. The molecule has 3 aromatic rings. The molecule has 0 radical (unpaired) electrons. The summed E-state index contributed by atoms with van der Waals surface area (Å²) >= 11 is 0. The van der Waals surface area contributed by atoms with E-state index in [4.69, 9.17) is 9.47 Å². The van der Waals surface area contributed by atoms with E-state index in [0.29, 0.717) is 17.2 Å². The van der Waals surface area contributed by atoms with Gasteiger partial charge in [-0.2, -0.15) is 0 Å². The summed E-state index contributed by atoms with van der Waals surface area (Å²) in [6.45, 7) is 3.79. The first-order valence-corrected chi connectivity index (χ1v) is 9.48. The van der Waals surface area contributed by atoms with Gasteiger partial charge >= 0.3 is 11.9 Å². The van der Waals surface area contributed by atoms with E-state index in [-0.39, 0.29) is 5.70 Å². The molecule has 30 heavy (non-hydrogen) atoms. The van der Waals surface area contributed by atoms with Crippen LogP contribution in [0.3, 0.4) is 0 Å². The van der Waals surface area contributed by atoms with E-state index in [1.54, 1.807) is 42.5 Å². The number of aliphatic imine (C=N–C) groups is 1. The number of hydrogen-bond acceptors (Lipinski definition) is 5. The highest BCUT2D eigenvalue weighted by molar-refractivity contribution is 6.13. The van der Waals surface area contributed by atoms with Gasteiger partial charge in [0, 0.05) is 5.56 Å². The molecule has 0 unspecified atom stereocenters. The zero-order chi connectivity index (χ0) is 21.1. The van der Waals surface area contributed by atoms with Gasteiger partial charge < -0.3 is 9.47 Å². The molecule has 1 heterocycles. The fourth-order valence-electron chi connectivity index (χ4n) is 3.09. The molecule has 4 rings (SSSR count). The summed E-state index contributed by atoms with van der Waals surface area (Å²) in [5.41, 5.74) is 4.10. The second-order valence-corrected chi connectivity index (χ2v) is 6.92. The van der Waals surface area contributed by atoms with Crippen LogP contribution in [-0.4, -0.2) is 17.8 Å². The minimum atomic E-state index is -0.497. The Morgan fingerprint density at radius 1 is 0.900 bits per heavy atom. The number of aryl methyl sites for hydroxylation is 2. The maximum atomic E-state index is 12.3. The molecule has 0 bridgehead atoms. The number of hydrogen-bond donors (Lipinski definition) is 0. The smallest absolute Gasteiger partial charge is 0.363 e. The van der Waals surface area contributed by atoms with Crippen molar-refractivity contribution in [1.29, 1.82) is 0 Å². The van der Waals surface area contributed by atoms with Gasteiger partial charge in [-0.3, -0.25) is 0 Å². The predicted molar refractivity (Wildman–Crippen MR) is 114 cm³/mol. The molecule has 0 saturated carbocycles. The van der Waals surface area contributed by atoms with Gasteiger partial charge in [0.05, 0.1) is 5.56 Å². The van der Waals surface area contributed by atoms with Crippen molar-refractivity contribution in [3.05, 3.63) is 106 Å². The Kier molecular flexibility index (Phi) is 5.26. The predicted octanol–water partition coefficient (Wildman–Crippen LogP) is 4.87. The van der Waals surface area contributed by atoms with Crippen molar-refractivity contribution >= 4 is 23.9 Å². The van der Waals surface area contributed by atoms with Gasteiger partial charge in [-0.25, -0.2) is 14.6 Å². The van der Waals surface area contributed by atoms with Gasteiger partial charge in [-0.05, 0) is 60.9 Å². The maximum Gasteiger partial charge on any atom is 0.363 e. The Hall–Kier alpha value is -3.99. The molecule has 0 spiro atoms. The normalized spacial score (nSPS) is 14.4. The number of cyclic esters (lactones) is 1. The highest BCUT2D eigenvalue weighted by atomic mass is 16.6. The van der Waals surface area contributed by atoms with Crippen molar-refractivity contribution in [1.82, 2.24) is 0 Å². The van der Waals surface area contributed by atoms with Crippen LogP contribution in [0.15, 0.2) is 83.5 Å². The van der Waals surface area contributed by atoms with Crippen LogP contribution in [-0.2, 0) is 9.53 Å². The molecule has 0 atom stereocenters. The molecule has 0 N–H and O–H groups in total. The number of nitrogens with zero attached hydrogens (tertiary/aromatic N) is 1. The van der Waals surface area contributed by atoms with Crippen LogP contribution in [0.25, 0.3) is 6.08 Å². The zero-order valence-corrected chi connectivity index (χ0v) is 16.6. The van der Waals surface area contributed by atoms with Gasteiger partial charge in [0.2, 0.25) is 5.90 Å². The summed E-state index contributed by atoms with van der Waals surface area (Å²) in [6.07, 6.45) is 1.64. The molecule has 0 saturated heterocycles. The van der Waals surface area contributed by atoms with E-state index in [2.05, 4.69) is 4.99 Å². The van der Waals surface area contributed by atoms with E-state index in [1.807, 2.05) is 50.2 Å². The van der Waals surface area contributed by atoms with Crippen molar-refractivity contribution in [2.75, 3.05) is 0 Å². The Labute approximate surface area is 174 Å². The summed E-state index contributed by atoms with van der Waals surface area (Å²) in [4.78, 5) is 28.9. The second kappa shape index (κ2) is 8.17. The van der Waals surface area contributed by atoms with Crippen LogP contribution in [0.2, 0.25) is 0 Å². The molecule has 0 aliphatic carbocycles. The minimum Gasteiger partial charge on any atom is -0.423 e. The van der Waals surface area contributed by atoms with E-state index in [1.165, 1.54) is 0 Å². The second-order valence-electron chi connectivity index (χ2n) is 6.92. The topological polar surface area (TPSA) is 65.0 Å². The van der Waals surface area contributed by atoms with Crippen molar-refractivity contribution in [3.63, 3.8) is 0 Å². The SMILES string of the molecule is Cc1ccccc1C(=O)Oc1ccc(/C=C2/N=C(c3ccccc3C)OC2=O)cc1. The largest absolute Gasteiger partial charge is 0.423 e. The van der Waals surface area contributed by atoms with Crippen LogP contribution in [0.1, 0.15) is 32.6 Å². The summed E-state index contributed by atoms with van der Waals surface area (Å²) in [5, 5.41) is 0. The molecule has 5 heteroatoms. The van der Waals surface area contributed by atoms with Crippen LogP contribution < -0.4 is 4.74 Å². The van der Waals surface area contributed by atoms with Gasteiger partial charge in [0.15, 0.2) is 5.70 Å². The van der Waals surface area contributed by atoms with Crippen LogP contribution in [0.5, 0.6) is 5.75 Å². The third-order valence-electron chi connectivity index (χ3n) is 4.75. The van der Waals surface area contributed by atoms with E-state index in [9.17, 15) is 9.59 Å². The first-order valence-electron chi connectivity index (χ1n) is 9.48. The van der Waals surface area contributed by atoms with Crippen molar-refractivity contribution in [2.45, 2.75) is 13.8 Å². The number of ether oxygens (including phenoxy) is 2. The van der Waals surface area contributed by atoms with E-state index < -0.39 is 11.9 Å². The lowest BCUT2D eigenvalue weighted by Gasteiger charge is -2.06. The van der Waals surface area contributed by atoms with Crippen LogP contribution in [0.4, 0.5) is 0 Å². The summed E-state index contributed by atoms with van der Waals surface area (Å²) in [6, 6.07) is 21.7.